The van der Waals surface area contributed by atoms with Gasteiger partial charge in [0.15, 0.2) is 11.6 Å². The molecule has 1 fully saturated rings. The van der Waals surface area contributed by atoms with Crippen LogP contribution in [0.4, 0.5) is 26.0 Å². The number of para-hydroxylation sites is 1. The molecule has 0 unspecified atom stereocenters. The second-order valence-electron chi connectivity index (χ2n) is 11.0. The minimum atomic E-state index is -4.31. The number of anilines is 3. The van der Waals surface area contributed by atoms with Crippen molar-refractivity contribution in [1.82, 2.24) is 29.4 Å². The molecule has 1 atom stereocenters. The zero-order valence-electron chi connectivity index (χ0n) is 25.0. The summed E-state index contributed by atoms with van der Waals surface area (Å²) in [4.78, 5) is 19.7. The van der Waals surface area contributed by atoms with Gasteiger partial charge in [0.1, 0.15) is 40.4 Å². The van der Waals surface area contributed by atoms with Gasteiger partial charge in [-0.1, -0.05) is 35.9 Å². The maximum Gasteiger partial charge on any atom is 0.263 e. The summed E-state index contributed by atoms with van der Waals surface area (Å²) >= 11 is 6.05. The molecule has 0 spiro atoms. The molecule has 4 heterocycles. The van der Waals surface area contributed by atoms with Crippen molar-refractivity contribution in [1.29, 1.82) is 0 Å². The first kappa shape index (κ1) is 31.8. The van der Waals surface area contributed by atoms with Gasteiger partial charge >= 0.3 is 0 Å². The third-order valence-corrected chi connectivity index (χ3v) is 9.88. The first-order chi connectivity index (χ1) is 23.2. The summed E-state index contributed by atoms with van der Waals surface area (Å²) in [7, 11) is -4.31. The molecule has 16 heteroatoms. The minimum Gasteiger partial charge on any atom is -0.395 e. The van der Waals surface area contributed by atoms with Crippen LogP contribution >= 0.6 is 11.6 Å². The number of imidazole rings is 1. The number of rotatable bonds is 9. The van der Waals surface area contributed by atoms with E-state index in [4.69, 9.17) is 21.3 Å². The number of fused-ring (bicyclic) bond motifs is 2. The van der Waals surface area contributed by atoms with Gasteiger partial charge in [-0.05, 0) is 48.0 Å². The summed E-state index contributed by atoms with van der Waals surface area (Å²) in [5.41, 5.74) is 1.93. The number of aromatic nitrogens is 5. The van der Waals surface area contributed by atoms with Crippen LogP contribution in [0.15, 0.2) is 84.3 Å². The molecular weight excluding hydrogens is 666 g/mol. The van der Waals surface area contributed by atoms with Gasteiger partial charge in [-0.2, -0.15) is 0 Å². The lowest BCUT2D eigenvalue weighted by Crippen LogP contribution is -2.46. The van der Waals surface area contributed by atoms with Gasteiger partial charge in [-0.15, -0.1) is 0 Å². The summed E-state index contributed by atoms with van der Waals surface area (Å²) in [5.74, 6) is -1.77. The Kier molecular flexibility index (Phi) is 8.61. The fourth-order valence-corrected chi connectivity index (χ4v) is 7.16. The largest absolute Gasteiger partial charge is 0.395 e. The van der Waals surface area contributed by atoms with E-state index < -0.39 is 33.0 Å². The van der Waals surface area contributed by atoms with E-state index in [1.807, 2.05) is 18.2 Å². The van der Waals surface area contributed by atoms with E-state index in [0.29, 0.717) is 37.6 Å². The van der Waals surface area contributed by atoms with Gasteiger partial charge in [0.05, 0.1) is 53.1 Å². The number of aliphatic hydroxyl groups is 1. The van der Waals surface area contributed by atoms with Crippen molar-refractivity contribution in [2.75, 3.05) is 36.4 Å². The van der Waals surface area contributed by atoms with Crippen molar-refractivity contribution < 1.29 is 27.0 Å². The lowest BCUT2D eigenvalue weighted by Gasteiger charge is -2.34. The van der Waals surface area contributed by atoms with E-state index in [0.717, 1.165) is 28.7 Å². The summed E-state index contributed by atoms with van der Waals surface area (Å²) in [6, 6.07) is 16.7. The van der Waals surface area contributed by atoms with Gasteiger partial charge in [0.2, 0.25) is 0 Å². The normalized spacial score (nSPS) is 15.6. The highest BCUT2D eigenvalue weighted by Gasteiger charge is 2.25. The van der Waals surface area contributed by atoms with Crippen LogP contribution in [-0.4, -0.2) is 75.3 Å². The summed E-state index contributed by atoms with van der Waals surface area (Å²) in [5, 5.41) is 12.4. The predicted octanol–water partition coefficient (Wildman–Crippen LogP) is 5.03. The number of benzene rings is 3. The Morgan fingerprint density at radius 1 is 1.00 bits per heavy atom. The molecule has 3 aromatic carbocycles. The first-order valence-electron chi connectivity index (χ1n) is 14.8. The average Bonchev–Trinajstić information content (AvgIpc) is 3.53. The number of hydrogen-bond donors (Lipinski definition) is 3. The molecule has 0 saturated carbocycles. The van der Waals surface area contributed by atoms with Crippen molar-refractivity contribution in [3.63, 3.8) is 0 Å². The second-order valence-corrected chi connectivity index (χ2v) is 13.0. The average molecular weight is 693 g/mol. The number of hydrogen-bond acceptors (Lipinski definition) is 10. The Morgan fingerprint density at radius 2 is 1.85 bits per heavy atom. The van der Waals surface area contributed by atoms with Gasteiger partial charge in [-0.25, -0.2) is 37.1 Å². The molecule has 3 aromatic heterocycles. The van der Waals surface area contributed by atoms with Crippen LogP contribution in [0.2, 0.25) is 5.02 Å². The molecule has 0 amide bonds. The summed E-state index contributed by atoms with van der Waals surface area (Å²) < 4.78 is 66.2. The van der Waals surface area contributed by atoms with E-state index in [1.165, 1.54) is 24.5 Å². The fraction of sp³-hybridized carbons (Fsp3) is 0.188. The van der Waals surface area contributed by atoms with Crippen LogP contribution in [0.5, 0.6) is 0 Å². The van der Waals surface area contributed by atoms with Crippen molar-refractivity contribution in [3.8, 4) is 5.82 Å². The molecule has 6 aromatic rings. The number of halogens is 3. The van der Waals surface area contributed by atoms with E-state index in [1.54, 1.807) is 29.1 Å². The molecule has 246 valence electrons. The van der Waals surface area contributed by atoms with E-state index in [-0.39, 0.29) is 33.9 Å². The van der Waals surface area contributed by atoms with Crippen molar-refractivity contribution in [2.24, 2.45) is 0 Å². The highest BCUT2D eigenvalue weighted by atomic mass is 35.5. The van der Waals surface area contributed by atoms with Crippen LogP contribution in [-0.2, 0) is 21.3 Å². The van der Waals surface area contributed by atoms with Crippen LogP contribution in [0, 0.1) is 11.6 Å². The van der Waals surface area contributed by atoms with E-state index in [9.17, 15) is 13.5 Å². The zero-order valence-corrected chi connectivity index (χ0v) is 26.6. The smallest absolute Gasteiger partial charge is 0.263 e. The topological polar surface area (TPSA) is 147 Å². The minimum absolute atomic E-state index is 0.0138. The number of ether oxygens (including phenoxy) is 1. The molecule has 0 aliphatic carbocycles. The fourth-order valence-electron chi connectivity index (χ4n) is 5.58. The third-order valence-electron chi connectivity index (χ3n) is 8.01. The number of morpholine rings is 1. The van der Waals surface area contributed by atoms with Gasteiger partial charge in [0, 0.05) is 13.1 Å². The van der Waals surface area contributed by atoms with Crippen LogP contribution in [0.3, 0.4) is 0 Å². The Morgan fingerprint density at radius 3 is 2.69 bits per heavy atom. The van der Waals surface area contributed by atoms with Crippen LogP contribution in [0.1, 0.15) is 5.56 Å². The predicted molar refractivity (Wildman–Crippen MR) is 176 cm³/mol. The number of nitrogens with one attached hydrogen (secondary N) is 2. The highest BCUT2D eigenvalue weighted by Crippen LogP contribution is 2.33. The molecule has 3 N–H and O–H groups in total. The van der Waals surface area contributed by atoms with Crippen molar-refractivity contribution >= 4 is 60.9 Å². The van der Waals surface area contributed by atoms with Crippen LogP contribution in [0.25, 0.3) is 27.9 Å². The Hall–Kier alpha value is -4.80. The number of sulfonamides is 1. The van der Waals surface area contributed by atoms with Gasteiger partial charge in [0.25, 0.3) is 10.0 Å². The standard InChI is InChI=1S/C32H27ClF2N8O4S/c33-21-5-1-2-7-26(21)48(45,46)41-23-9-8-22(34)30(28(23)35)40-32-31-24(36-17-37-32)10-11-27(39-31)43-18-38-29-19(4-3-6-25(29)43)14-42-12-13-47-16-20(42)15-44/h1-11,17-18,20,41,44H,12-16H2,(H,36,37,40)/t20-/m0/s1. The quantitative estimate of drug-likeness (QED) is 0.188. The summed E-state index contributed by atoms with van der Waals surface area (Å²) in [6.45, 7) is 2.27. The lowest BCUT2D eigenvalue weighted by molar-refractivity contribution is -0.0311. The monoisotopic (exact) mass is 692 g/mol. The molecule has 0 bridgehead atoms. The molecule has 1 aliphatic rings. The molecular formula is C32H27ClF2N8O4S. The highest BCUT2D eigenvalue weighted by molar-refractivity contribution is 7.92. The Balaban J connectivity index is 1.22. The van der Waals surface area contributed by atoms with E-state index in [2.05, 4.69) is 29.9 Å². The third kappa shape index (κ3) is 6.02. The summed E-state index contributed by atoms with van der Waals surface area (Å²) in [6.07, 6.45) is 2.85. The van der Waals surface area contributed by atoms with Gasteiger partial charge < -0.3 is 15.2 Å². The molecule has 1 saturated heterocycles. The lowest BCUT2D eigenvalue weighted by atomic mass is 10.1. The maximum absolute atomic E-state index is 15.7. The Bertz CT molecular complexity index is 2270. The van der Waals surface area contributed by atoms with Crippen molar-refractivity contribution in [2.45, 2.75) is 17.5 Å². The van der Waals surface area contributed by atoms with Crippen molar-refractivity contribution in [3.05, 3.63) is 102 Å². The molecule has 0 radical (unpaired) electrons. The first-order valence-corrected chi connectivity index (χ1v) is 16.6. The number of aliphatic hydroxyl groups excluding tert-OH is 1. The second kappa shape index (κ2) is 13.0. The molecule has 7 rings (SSSR count). The SMILES string of the molecule is O=S(=O)(Nc1ccc(F)c(Nc2ncnc3ccc(-n4cnc5c(CN6CCOC[C@@H]6CO)cccc54)nc23)c1F)c1ccccc1Cl. The molecule has 12 nitrogen and oxygen atoms in total. The van der Waals surface area contributed by atoms with Gasteiger partial charge in [-0.3, -0.25) is 14.2 Å². The number of pyridine rings is 1. The maximum atomic E-state index is 15.7. The number of nitrogens with zero attached hydrogens (tertiary/aromatic N) is 6. The zero-order chi connectivity index (χ0) is 33.4. The van der Waals surface area contributed by atoms with E-state index >= 15 is 8.78 Å². The molecule has 1 aliphatic heterocycles. The Labute approximate surface area is 278 Å². The molecule has 48 heavy (non-hydrogen) atoms. The van der Waals surface area contributed by atoms with Crippen LogP contribution < -0.4 is 10.0 Å².